The van der Waals surface area contributed by atoms with Crippen molar-refractivity contribution in [3.05, 3.63) is 41.7 Å². The van der Waals surface area contributed by atoms with Gasteiger partial charge < -0.3 is 10.4 Å². The smallest absolute Gasteiger partial charge is 0.133 e. The van der Waals surface area contributed by atoms with Crippen molar-refractivity contribution in [2.75, 3.05) is 11.9 Å². The molecule has 0 saturated carbocycles. The van der Waals surface area contributed by atoms with Crippen molar-refractivity contribution in [2.45, 2.75) is 25.8 Å². The average Bonchev–Trinajstić information content (AvgIpc) is 2.47. The van der Waals surface area contributed by atoms with Crippen LogP contribution in [0.3, 0.4) is 0 Å². The second kappa shape index (κ2) is 4.97. The Kier molecular flexibility index (Phi) is 3.17. The summed E-state index contributed by atoms with van der Waals surface area (Å²) in [7, 11) is 0. The summed E-state index contributed by atoms with van der Waals surface area (Å²) in [6, 6.07) is 8.37. The highest BCUT2D eigenvalue weighted by molar-refractivity contribution is 5.73. The van der Waals surface area contributed by atoms with E-state index in [9.17, 15) is 0 Å². The fraction of sp³-hybridized carbons (Fsp3) is 0.333. The molecular weight excluding hydrogens is 238 g/mol. The number of hydrogen-bond donors (Lipinski definition) is 2. The zero-order chi connectivity index (χ0) is 13.2. The molecule has 1 unspecified atom stereocenters. The van der Waals surface area contributed by atoms with Gasteiger partial charge in [-0.3, -0.25) is 0 Å². The Bertz CT molecular complexity index is 598. The molecule has 0 saturated heterocycles. The standard InChI is InChI=1S/C15H17N3O/c1-10(8-19)18-15-13-7-6-11-4-2-3-5-12(11)14(13)16-9-17-15/h2-5,9-10,19H,6-8H2,1H3,(H,16,17,18). The van der Waals surface area contributed by atoms with Crippen LogP contribution in [0.5, 0.6) is 0 Å². The average molecular weight is 255 g/mol. The van der Waals surface area contributed by atoms with Crippen molar-refractivity contribution in [3.63, 3.8) is 0 Å². The third kappa shape index (κ3) is 2.19. The van der Waals surface area contributed by atoms with E-state index in [0.717, 1.165) is 29.9 Å². The second-order valence-corrected chi connectivity index (χ2v) is 4.93. The number of fused-ring (bicyclic) bond motifs is 3. The van der Waals surface area contributed by atoms with Crippen LogP contribution < -0.4 is 5.32 Å². The van der Waals surface area contributed by atoms with E-state index in [1.54, 1.807) is 6.33 Å². The lowest BCUT2D eigenvalue weighted by atomic mass is 9.89. The molecular formula is C15H17N3O. The number of aromatic nitrogens is 2. The van der Waals surface area contributed by atoms with Crippen molar-refractivity contribution in [1.29, 1.82) is 0 Å². The minimum absolute atomic E-state index is 0.00355. The summed E-state index contributed by atoms with van der Waals surface area (Å²) in [6.07, 6.45) is 3.54. The van der Waals surface area contributed by atoms with E-state index < -0.39 is 0 Å². The molecule has 3 rings (SSSR count). The topological polar surface area (TPSA) is 58.0 Å². The molecule has 19 heavy (non-hydrogen) atoms. The maximum Gasteiger partial charge on any atom is 0.133 e. The predicted molar refractivity (Wildman–Crippen MR) is 75.0 cm³/mol. The van der Waals surface area contributed by atoms with Gasteiger partial charge >= 0.3 is 0 Å². The molecule has 1 aliphatic carbocycles. The number of rotatable bonds is 3. The van der Waals surface area contributed by atoms with E-state index in [1.165, 1.54) is 11.1 Å². The molecule has 98 valence electrons. The zero-order valence-corrected chi connectivity index (χ0v) is 10.9. The van der Waals surface area contributed by atoms with Gasteiger partial charge in [0.05, 0.1) is 12.3 Å². The lowest BCUT2D eigenvalue weighted by Gasteiger charge is -2.22. The highest BCUT2D eigenvalue weighted by atomic mass is 16.3. The van der Waals surface area contributed by atoms with Crippen molar-refractivity contribution in [2.24, 2.45) is 0 Å². The fourth-order valence-electron chi connectivity index (χ4n) is 2.51. The van der Waals surface area contributed by atoms with E-state index in [0.29, 0.717) is 0 Å². The van der Waals surface area contributed by atoms with Crippen molar-refractivity contribution in [3.8, 4) is 11.3 Å². The Morgan fingerprint density at radius 3 is 2.95 bits per heavy atom. The summed E-state index contributed by atoms with van der Waals surface area (Å²) in [6.45, 7) is 2.03. The molecule has 0 aliphatic heterocycles. The summed E-state index contributed by atoms with van der Waals surface area (Å²) < 4.78 is 0. The Labute approximate surface area is 112 Å². The molecule has 0 bridgehead atoms. The molecule has 2 aromatic rings. The van der Waals surface area contributed by atoms with E-state index in [4.69, 9.17) is 5.11 Å². The molecule has 1 aromatic carbocycles. The van der Waals surface area contributed by atoms with Crippen LogP contribution in [-0.4, -0.2) is 27.7 Å². The quantitative estimate of drug-likeness (QED) is 0.881. The lowest BCUT2D eigenvalue weighted by molar-refractivity contribution is 0.281. The molecule has 0 fully saturated rings. The van der Waals surface area contributed by atoms with Gasteiger partial charge in [-0.15, -0.1) is 0 Å². The van der Waals surface area contributed by atoms with Gasteiger partial charge in [0.2, 0.25) is 0 Å². The van der Waals surface area contributed by atoms with Crippen molar-refractivity contribution < 1.29 is 5.11 Å². The summed E-state index contributed by atoms with van der Waals surface area (Å²) in [5, 5.41) is 12.4. The van der Waals surface area contributed by atoms with Gasteiger partial charge in [0.25, 0.3) is 0 Å². The molecule has 1 aromatic heterocycles. The third-order valence-corrected chi connectivity index (χ3v) is 3.52. The zero-order valence-electron chi connectivity index (χ0n) is 10.9. The number of aliphatic hydroxyl groups is 1. The Hall–Kier alpha value is -1.94. The van der Waals surface area contributed by atoms with Gasteiger partial charge in [-0.25, -0.2) is 9.97 Å². The number of nitrogens with zero attached hydrogens (tertiary/aromatic N) is 2. The molecule has 4 heteroatoms. The molecule has 0 spiro atoms. The maximum atomic E-state index is 9.15. The summed E-state index contributed by atoms with van der Waals surface area (Å²) in [4.78, 5) is 8.76. The van der Waals surface area contributed by atoms with Gasteiger partial charge in [-0.2, -0.15) is 0 Å². The Balaban J connectivity index is 2.05. The molecule has 2 N–H and O–H groups in total. The van der Waals surface area contributed by atoms with Crippen LogP contribution in [0.2, 0.25) is 0 Å². The van der Waals surface area contributed by atoms with Crippen LogP contribution in [0.4, 0.5) is 5.82 Å². The second-order valence-electron chi connectivity index (χ2n) is 4.93. The molecule has 0 radical (unpaired) electrons. The molecule has 0 amide bonds. The van der Waals surface area contributed by atoms with Gasteiger partial charge in [-0.05, 0) is 25.3 Å². The minimum Gasteiger partial charge on any atom is -0.394 e. The van der Waals surface area contributed by atoms with E-state index in [-0.39, 0.29) is 12.6 Å². The number of anilines is 1. The summed E-state index contributed by atoms with van der Waals surface area (Å²) >= 11 is 0. The molecule has 1 aliphatic rings. The van der Waals surface area contributed by atoms with Crippen LogP contribution >= 0.6 is 0 Å². The van der Waals surface area contributed by atoms with Gasteiger partial charge in [-0.1, -0.05) is 24.3 Å². The summed E-state index contributed by atoms with van der Waals surface area (Å²) in [5.74, 6) is 0.848. The molecule has 1 atom stereocenters. The number of benzene rings is 1. The number of hydrogen-bond acceptors (Lipinski definition) is 4. The Morgan fingerprint density at radius 2 is 2.11 bits per heavy atom. The molecule has 1 heterocycles. The van der Waals surface area contributed by atoms with E-state index in [2.05, 4.69) is 33.5 Å². The first-order valence-electron chi connectivity index (χ1n) is 6.59. The van der Waals surface area contributed by atoms with Crippen LogP contribution in [0.15, 0.2) is 30.6 Å². The third-order valence-electron chi connectivity index (χ3n) is 3.52. The SMILES string of the molecule is CC(CO)Nc1ncnc2c1CCc1ccccc1-2. The van der Waals surface area contributed by atoms with Crippen LogP contribution in [-0.2, 0) is 12.8 Å². The number of aryl methyl sites for hydroxylation is 1. The van der Waals surface area contributed by atoms with Gasteiger partial charge in [0.15, 0.2) is 0 Å². The van der Waals surface area contributed by atoms with Crippen molar-refractivity contribution >= 4 is 5.82 Å². The largest absolute Gasteiger partial charge is 0.394 e. The highest BCUT2D eigenvalue weighted by Gasteiger charge is 2.20. The maximum absolute atomic E-state index is 9.15. The van der Waals surface area contributed by atoms with Gasteiger partial charge in [0, 0.05) is 17.2 Å². The summed E-state index contributed by atoms with van der Waals surface area (Å²) in [5.41, 5.74) is 4.71. The molecule has 4 nitrogen and oxygen atoms in total. The van der Waals surface area contributed by atoms with Crippen LogP contribution in [0, 0.1) is 0 Å². The monoisotopic (exact) mass is 255 g/mol. The normalized spacial score (nSPS) is 14.4. The van der Waals surface area contributed by atoms with Crippen LogP contribution in [0.1, 0.15) is 18.1 Å². The predicted octanol–water partition coefficient (Wildman–Crippen LogP) is 2.03. The van der Waals surface area contributed by atoms with E-state index in [1.807, 2.05) is 13.0 Å². The Morgan fingerprint density at radius 1 is 1.26 bits per heavy atom. The first-order valence-corrected chi connectivity index (χ1v) is 6.59. The lowest BCUT2D eigenvalue weighted by Crippen LogP contribution is -2.22. The first kappa shape index (κ1) is 12.1. The van der Waals surface area contributed by atoms with Crippen LogP contribution in [0.25, 0.3) is 11.3 Å². The van der Waals surface area contributed by atoms with Gasteiger partial charge in [0.1, 0.15) is 12.1 Å². The van der Waals surface area contributed by atoms with Crippen molar-refractivity contribution in [1.82, 2.24) is 9.97 Å². The number of nitrogens with one attached hydrogen (secondary N) is 1. The minimum atomic E-state index is -0.00355. The highest BCUT2D eigenvalue weighted by Crippen LogP contribution is 2.34. The number of aliphatic hydroxyl groups excluding tert-OH is 1. The fourth-order valence-corrected chi connectivity index (χ4v) is 2.51. The van der Waals surface area contributed by atoms with E-state index >= 15 is 0 Å². The first-order chi connectivity index (χ1) is 9.29.